The fourth-order valence-electron chi connectivity index (χ4n) is 2.22. The van der Waals surface area contributed by atoms with E-state index in [0.29, 0.717) is 29.0 Å². The standard InChI is InChI=1S/C16H14Cl2N2O/c1-20(9-11-6-7-12(17)8-13(11)18)10-16-19-14-4-2-3-5-15(14)21-16/h2-8H,9-10H2,1H3. The van der Waals surface area contributed by atoms with Crippen LogP contribution in [0.4, 0.5) is 0 Å². The molecule has 21 heavy (non-hydrogen) atoms. The van der Waals surface area contributed by atoms with E-state index in [9.17, 15) is 0 Å². The van der Waals surface area contributed by atoms with Crippen molar-refractivity contribution in [1.29, 1.82) is 0 Å². The molecule has 108 valence electrons. The molecule has 0 bridgehead atoms. The highest BCUT2D eigenvalue weighted by molar-refractivity contribution is 6.35. The first kappa shape index (κ1) is 14.4. The van der Waals surface area contributed by atoms with Crippen molar-refractivity contribution in [3.05, 3.63) is 64.0 Å². The van der Waals surface area contributed by atoms with Gasteiger partial charge in [0.05, 0.1) is 6.54 Å². The van der Waals surface area contributed by atoms with E-state index in [1.807, 2.05) is 43.4 Å². The van der Waals surface area contributed by atoms with Gasteiger partial charge in [0, 0.05) is 16.6 Å². The molecule has 0 aliphatic carbocycles. The van der Waals surface area contributed by atoms with Crippen LogP contribution in [0, 0.1) is 0 Å². The van der Waals surface area contributed by atoms with Gasteiger partial charge in [-0.3, -0.25) is 4.90 Å². The maximum Gasteiger partial charge on any atom is 0.209 e. The second-order valence-corrected chi connectivity index (χ2v) is 5.83. The van der Waals surface area contributed by atoms with Crippen molar-refractivity contribution in [3.8, 4) is 0 Å². The van der Waals surface area contributed by atoms with Gasteiger partial charge >= 0.3 is 0 Å². The minimum atomic E-state index is 0.619. The van der Waals surface area contributed by atoms with E-state index >= 15 is 0 Å². The molecule has 1 heterocycles. The largest absolute Gasteiger partial charge is 0.439 e. The highest BCUT2D eigenvalue weighted by Crippen LogP contribution is 2.23. The predicted octanol–water partition coefficient (Wildman–Crippen LogP) is 4.77. The van der Waals surface area contributed by atoms with Crippen molar-refractivity contribution in [3.63, 3.8) is 0 Å². The van der Waals surface area contributed by atoms with Crippen LogP contribution in [0.1, 0.15) is 11.5 Å². The van der Waals surface area contributed by atoms with Gasteiger partial charge in [-0.2, -0.15) is 0 Å². The Labute approximate surface area is 133 Å². The fraction of sp³-hybridized carbons (Fsp3) is 0.188. The summed E-state index contributed by atoms with van der Waals surface area (Å²) in [6.07, 6.45) is 0. The number of oxazole rings is 1. The van der Waals surface area contributed by atoms with E-state index in [4.69, 9.17) is 27.6 Å². The van der Waals surface area contributed by atoms with Crippen LogP contribution in [0.25, 0.3) is 11.1 Å². The Hall–Kier alpha value is -1.55. The van der Waals surface area contributed by atoms with E-state index in [0.717, 1.165) is 16.7 Å². The van der Waals surface area contributed by atoms with Crippen molar-refractivity contribution < 1.29 is 4.42 Å². The second-order valence-electron chi connectivity index (χ2n) is 4.98. The number of hydrogen-bond acceptors (Lipinski definition) is 3. The highest BCUT2D eigenvalue weighted by Gasteiger charge is 2.10. The average Bonchev–Trinajstić information content (AvgIpc) is 2.84. The summed E-state index contributed by atoms with van der Waals surface area (Å²) in [5.74, 6) is 0.698. The molecular weight excluding hydrogens is 307 g/mol. The molecule has 0 fully saturated rings. The molecule has 0 saturated heterocycles. The monoisotopic (exact) mass is 320 g/mol. The van der Waals surface area contributed by atoms with Crippen LogP contribution in [-0.2, 0) is 13.1 Å². The minimum Gasteiger partial charge on any atom is -0.439 e. The zero-order valence-corrected chi connectivity index (χ0v) is 13.0. The van der Waals surface area contributed by atoms with Crippen LogP contribution in [-0.4, -0.2) is 16.9 Å². The number of aromatic nitrogens is 1. The van der Waals surface area contributed by atoms with Crippen molar-refractivity contribution >= 4 is 34.3 Å². The number of rotatable bonds is 4. The minimum absolute atomic E-state index is 0.619. The maximum atomic E-state index is 6.19. The summed E-state index contributed by atoms with van der Waals surface area (Å²) < 4.78 is 5.72. The first-order valence-electron chi connectivity index (χ1n) is 6.59. The lowest BCUT2D eigenvalue weighted by Gasteiger charge is -2.15. The zero-order chi connectivity index (χ0) is 14.8. The highest BCUT2D eigenvalue weighted by atomic mass is 35.5. The Morgan fingerprint density at radius 1 is 1.10 bits per heavy atom. The van der Waals surface area contributed by atoms with E-state index in [1.165, 1.54) is 0 Å². The Balaban J connectivity index is 1.72. The Bertz CT molecular complexity index is 737. The molecule has 0 amide bonds. The van der Waals surface area contributed by atoms with Crippen LogP contribution in [0.5, 0.6) is 0 Å². The van der Waals surface area contributed by atoms with Gasteiger partial charge in [0.25, 0.3) is 0 Å². The number of halogens is 2. The van der Waals surface area contributed by atoms with Gasteiger partial charge in [-0.15, -0.1) is 0 Å². The summed E-state index contributed by atoms with van der Waals surface area (Å²) in [4.78, 5) is 6.57. The van der Waals surface area contributed by atoms with Crippen LogP contribution in [0.2, 0.25) is 10.0 Å². The van der Waals surface area contributed by atoms with Gasteiger partial charge in [-0.05, 0) is 36.9 Å². The number of para-hydroxylation sites is 2. The molecule has 5 heteroatoms. The lowest BCUT2D eigenvalue weighted by molar-refractivity contribution is 0.285. The molecule has 3 nitrogen and oxygen atoms in total. The van der Waals surface area contributed by atoms with Crippen molar-refractivity contribution in [2.75, 3.05) is 7.05 Å². The number of benzene rings is 2. The molecule has 3 aromatic rings. The number of nitrogens with zero attached hydrogens (tertiary/aromatic N) is 2. The molecule has 0 spiro atoms. The van der Waals surface area contributed by atoms with Crippen LogP contribution in [0.3, 0.4) is 0 Å². The summed E-state index contributed by atoms with van der Waals surface area (Å²) in [7, 11) is 2.00. The summed E-state index contributed by atoms with van der Waals surface area (Å²) in [6, 6.07) is 13.3. The van der Waals surface area contributed by atoms with E-state index in [2.05, 4.69) is 9.88 Å². The van der Waals surface area contributed by atoms with E-state index in [1.54, 1.807) is 6.07 Å². The van der Waals surface area contributed by atoms with E-state index in [-0.39, 0.29) is 0 Å². The quantitative estimate of drug-likeness (QED) is 0.693. The van der Waals surface area contributed by atoms with Gasteiger partial charge in [0.15, 0.2) is 5.58 Å². The summed E-state index contributed by atoms with van der Waals surface area (Å²) in [5, 5.41) is 1.32. The Kier molecular flexibility index (Phi) is 4.15. The molecule has 0 N–H and O–H groups in total. The number of fused-ring (bicyclic) bond motifs is 1. The molecule has 2 aromatic carbocycles. The smallest absolute Gasteiger partial charge is 0.209 e. The normalized spacial score (nSPS) is 11.4. The van der Waals surface area contributed by atoms with Gasteiger partial charge in [0.1, 0.15) is 5.52 Å². The summed E-state index contributed by atoms with van der Waals surface area (Å²) >= 11 is 12.1. The third-order valence-corrected chi connectivity index (χ3v) is 3.79. The number of hydrogen-bond donors (Lipinski definition) is 0. The van der Waals surface area contributed by atoms with Crippen LogP contribution < -0.4 is 0 Å². The van der Waals surface area contributed by atoms with Crippen LogP contribution in [0.15, 0.2) is 46.9 Å². The molecule has 0 unspecified atom stereocenters. The third-order valence-electron chi connectivity index (χ3n) is 3.20. The van der Waals surface area contributed by atoms with Crippen molar-refractivity contribution in [2.45, 2.75) is 13.1 Å². The molecule has 0 radical (unpaired) electrons. The van der Waals surface area contributed by atoms with E-state index < -0.39 is 0 Å². The lowest BCUT2D eigenvalue weighted by Crippen LogP contribution is -2.17. The third kappa shape index (κ3) is 3.38. The first-order valence-corrected chi connectivity index (χ1v) is 7.34. The molecule has 0 aliphatic rings. The van der Waals surface area contributed by atoms with Gasteiger partial charge in [-0.25, -0.2) is 4.98 Å². The fourth-order valence-corrected chi connectivity index (χ4v) is 2.68. The van der Waals surface area contributed by atoms with Gasteiger partial charge in [0.2, 0.25) is 5.89 Å². The van der Waals surface area contributed by atoms with Gasteiger partial charge < -0.3 is 4.42 Å². The topological polar surface area (TPSA) is 29.3 Å². The molecule has 1 aromatic heterocycles. The summed E-state index contributed by atoms with van der Waals surface area (Å²) in [6.45, 7) is 1.32. The van der Waals surface area contributed by atoms with Crippen molar-refractivity contribution in [2.24, 2.45) is 0 Å². The Morgan fingerprint density at radius 2 is 1.90 bits per heavy atom. The Morgan fingerprint density at radius 3 is 2.67 bits per heavy atom. The zero-order valence-electron chi connectivity index (χ0n) is 11.5. The van der Waals surface area contributed by atoms with Gasteiger partial charge in [-0.1, -0.05) is 41.4 Å². The SMILES string of the molecule is CN(Cc1nc2ccccc2o1)Cc1ccc(Cl)cc1Cl. The van der Waals surface area contributed by atoms with Crippen LogP contribution >= 0.6 is 23.2 Å². The van der Waals surface area contributed by atoms with Crippen molar-refractivity contribution in [1.82, 2.24) is 9.88 Å². The molecular formula is C16H14Cl2N2O. The molecule has 0 saturated carbocycles. The summed E-state index contributed by atoms with van der Waals surface area (Å²) in [5.41, 5.74) is 2.72. The average molecular weight is 321 g/mol. The predicted molar refractivity (Wildman–Crippen MR) is 85.6 cm³/mol. The molecule has 0 aliphatic heterocycles. The maximum absolute atomic E-state index is 6.19. The molecule has 3 rings (SSSR count). The first-order chi connectivity index (χ1) is 10.1. The molecule has 0 atom stereocenters. The second kappa shape index (κ2) is 6.06. The lowest BCUT2D eigenvalue weighted by atomic mass is 10.2.